The summed E-state index contributed by atoms with van der Waals surface area (Å²) in [6, 6.07) is 15.2. The van der Waals surface area contributed by atoms with Gasteiger partial charge in [-0.05, 0) is 55.4 Å². The smallest absolute Gasteiger partial charge is 0.418 e. The second kappa shape index (κ2) is 7.65. The van der Waals surface area contributed by atoms with Gasteiger partial charge in [-0.25, -0.2) is 9.69 Å². The summed E-state index contributed by atoms with van der Waals surface area (Å²) >= 11 is 0. The molecule has 1 saturated carbocycles. The number of nitrogens with two attached hydrogens (primary N) is 1. The van der Waals surface area contributed by atoms with Gasteiger partial charge in [0.05, 0.1) is 0 Å². The van der Waals surface area contributed by atoms with Gasteiger partial charge in [0.25, 0.3) is 5.91 Å². The van der Waals surface area contributed by atoms with Crippen molar-refractivity contribution in [2.45, 2.75) is 50.8 Å². The predicted octanol–water partition coefficient (Wildman–Crippen LogP) is 3.22. The van der Waals surface area contributed by atoms with Crippen LogP contribution in [0.1, 0.15) is 42.9 Å². The van der Waals surface area contributed by atoms with Crippen LogP contribution in [-0.2, 0) is 32.9 Å². The Bertz CT molecular complexity index is 1080. The molecule has 0 aromatic heterocycles. The Kier molecular flexibility index (Phi) is 4.92. The van der Waals surface area contributed by atoms with Crippen molar-refractivity contribution in [2.24, 2.45) is 5.92 Å². The van der Waals surface area contributed by atoms with E-state index >= 15 is 0 Å². The first-order valence-corrected chi connectivity index (χ1v) is 11.2. The molecule has 1 spiro atoms. The Balaban J connectivity index is 1.38. The van der Waals surface area contributed by atoms with E-state index in [0.717, 1.165) is 28.9 Å². The summed E-state index contributed by atoms with van der Waals surface area (Å²) in [6.45, 7) is 2.17. The largest absolute Gasteiger partial charge is 0.427 e. The summed E-state index contributed by atoms with van der Waals surface area (Å²) in [5.41, 5.74) is 7.67. The van der Waals surface area contributed by atoms with E-state index < -0.39 is 17.6 Å². The van der Waals surface area contributed by atoms with Crippen LogP contribution in [0.25, 0.3) is 0 Å². The third-order valence-corrected chi connectivity index (χ3v) is 6.99. The lowest BCUT2D eigenvalue weighted by molar-refractivity contribution is -0.143. The van der Waals surface area contributed by atoms with Crippen LogP contribution < -0.4 is 5.73 Å². The van der Waals surface area contributed by atoms with Gasteiger partial charge in [-0.15, -0.1) is 0 Å². The number of fused-ring (bicyclic) bond motifs is 2. The number of ether oxygens (including phenoxy) is 1. The zero-order valence-corrected chi connectivity index (χ0v) is 18.1. The maximum atomic E-state index is 13.4. The molecule has 1 unspecified atom stereocenters. The molecule has 5 rings (SSSR count). The number of amides is 3. The predicted molar refractivity (Wildman–Crippen MR) is 118 cm³/mol. The molecule has 7 heteroatoms. The van der Waals surface area contributed by atoms with Crippen LogP contribution in [0.15, 0.2) is 48.5 Å². The first-order valence-electron chi connectivity index (χ1n) is 11.2. The number of aryl methyl sites for hydroxylation is 1. The van der Waals surface area contributed by atoms with E-state index in [1.54, 1.807) is 17.0 Å². The van der Waals surface area contributed by atoms with E-state index in [0.29, 0.717) is 36.6 Å². The topological polar surface area (TPSA) is 92.9 Å². The van der Waals surface area contributed by atoms with Gasteiger partial charge in [0.15, 0.2) is 0 Å². The molecule has 0 radical (unpaired) electrons. The van der Waals surface area contributed by atoms with Crippen LogP contribution in [0, 0.1) is 5.92 Å². The number of nitrogens with zero attached hydrogens (tertiary/aromatic N) is 2. The van der Waals surface area contributed by atoms with Gasteiger partial charge in [-0.1, -0.05) is 36.4 Å². The van der Waals surface area contributed by atoms with Crippen molar-refractivity contribution in [1.82, 2.24) is 9.80 Å². The van der Waals surface area contributed by atoms with Gasteiger partial charge in [0.2, 0.25) is 11.5 Å². The number of imide groups is 1. The Morgan fingerprint density at radius 2 is 1.97 bits per heavy atom. The molecule has 3 amide bonds. The Hall–Kier alpha value is -3.35. The first kappa shape index (κ1) is 20.5. The maximum Gasteiger partial charge on any atom is 0.418 e. The van der Waals surface area contributed by atoms with E-state index in [9.17, 15) is 14.4 Å². The Morgan fingerprint density at radius 1 is 1.22 bits per heavy atom. The molecule has 2 aromatic rings. The summed E-state index contributed by atoms with van der Waals surface area (Å²) in [7, 11) is 0. The summed E-state index contributed by atoms with van der Waals surface area (Å²) in [6.07, 6.45) is 2.40. The van der Waals surface area contributed by atoms with Crippen molar-refractivity contribution in [3.05, 3.63) is 65.2 Å². The quantitative estimate of drug-likeness (QED) is 0.706. The number of nitrogen functional groups attached to an aromatic ring is 1. The Morgan fingerprint density at radius 3 is 2.69 bits per heavy atom. The van der Waals surface area contributed by atoms with Gasteiger partial charge in [-0.3, -0.25) is 9.59 Å². The van der Waals surface area contributed by atoms with Crippen molar-refractivity contribution >= 4 is 23.6 Å². The minimum atomic E-state index is -1.37. The summed E-state index contributed by atoms with van der Waals surface area (Å²) < 4.78 is 5.65. The van der Waals surface area contributed by atoms with Gasteiger partial charge < -0.3 is 15.4 Å². The third kappa shape index (κ3) is 3.42. The van der Waals surface area contributed by atoms with E-state index in [-0.39, 0.29) is 18.5 Å². The van der Waals surface area contributed by atoms with E-state index in [4.69, 9.17) is 10.5 Å². The molecule has 2 fully saturated rings. The second-order valence-corrected chi connectivity index (χ2v) is 9.09. The number of carbonyl (C=O) groups is 3. The van der Waals surface area contributed by atoms with Crippen LogP contribution in [0.5, 0.6) is 0 Å². The molecule has 0 bridgehead atoms. The molecule has 1 heterocycles. The molecule has 2 aromatic carbocycles. The number of rotatable bonds is 6. The fourth-order valence-electron chi connectivity index (χ4n) is 4.95. The molecular weight excluding hydrogens is 406 g/mol. The molecule has 166 valence electrons. The Labute approximate surface area is 187 Å². The van der Waals surface area contributed by atoms with E-state index in [1.165, 1.54) is 0 Å². The zero-order valence-electron chi connectivity index (χ0n) is 18.1. The van der Waals surface area contributed by atoms with Crippen molar-refractivity contribution in [3.8, 4) is 0 Å². The second-order valence-electron chi connectivity index (χ2n) is 9.09. The van der Waals surface area contributed by atoms with Crippen LogP contribution in [-0.4, -0.2) is 40.3 Å². The monoisotopic (exact) mass is 433 g/mol. The summed E-state index contributed by atoms with van der Waals surface area (Å²) in [5.74, 6) is -0.264. The normalized spacial score (nSPS) is 22.7. The molecule has 7 nitrogen and oxygen atoms in total. The summed E-state index contributed by atoms with van der Waals surface area (Å²) in [4.78, 5) is 42.3. The van der Waals surface area contributed by atoms with Crippen molar-refractivity contribution in [1.29, 1.82) is 0 Å². The van der Waals surface area contributed by atoms with Crippen LogP contribution in [0.3, 0.4) is 0 Å². The highest BCUT2D eigenvalue weighted by atomic mass is 16.6. The molecule has 2 aliphatic carbocycles. The lowest BCUT2D eigenvalue weighted by Crippen LogP contribution is -2.47. The molecule has 32 heavy (non-hydrogen) atoms. The van der Waals surface area contributed by atoms with Gasteiger partial charge in [0.1, 0.15) is 6.54 Å². The summed E-state index contributed by atoms with van der Waals surface area (Å²) in [5, 5.41) is 0. The van der Waals surface area contributed by atoms with Crippen LogP contribution in [0.4, 0.5) is 10.5 Å². The average Bonchev–Trinajstić information content (AvgIpc) is 3.54. The lowest BCUT2D eigenvalue weighted by Gasteiger charge is -2.30. The number of hydrogen-bond acceptors (Lipinski definition) is 5. The lowest BCUT2D eigenvalue weighted by atomic mass is 9.94. The average molecular weight is 434 g/mol. The van der Waals surface area contributed by atoms with Crippen molar-refractivity contribution in [3.63, 3.8) is 0 Å². The SMILES string of the molecule is CC(C1CC1)N(Cc1ccccc1)C(=O)CN1C(=O)O[C@@]2(CCc3ccc(N)cc32)C1=O. The fourth-order valence-corrected chi connectivity index (χ4v) is 4.95. The highest BCUT2D eigenvalue weighted by molar-refractivity contribution is 6.06. The minimum absolute atomic E-state index is 0.0393. The van der Waals surface area contributed by atoms with E-state index in [2.05, 4.69) is 0 Å². The van der Waals surface area contributed by atoms with Gasteiger partial charge >= 0.3 is 6.09 Å². The first-order chi connectivity index (χ1) is 15.4. The molecule has 2 N–H and O–H groups in total. The standard InChI is InChI=1S/C25H27N3O4/c1-16(18-7-8-18)27(14-17-5-3-2-4-6-17)22(29)15-28-23(30)25(32-24(28)31)12-11-19-9-10-20(26)13-21(19)25/h2-6,9-10,13,16,18H,7-8,11-12,14-15,26H2,1H3/t16?,25-/m1/s1. The molecule has 2 atom stereocenters. The molecular formula is C25H27N3O4. The van der Waals surface area contributed by atoms with Crippen molar-refractivity contribution in [2.75, 3.05) is 12.3 Å². The maximum absolute atomic E-state index is 13.4. The highest BCUT2D eigenvalue weighted by Crippen LogP contribution is 2.46. The fraction of sp³-hybridized carbons (Fsp3) is 0.400. The van der Waals surface area contributed by atoms with Crippen molar-refractivity contribution < 1.29 is 19.1 Å². The zero-order chi connectivity index (χ0) is 22.5. The number of carbonyl (C=O) groups excluding carboxylic acids is 3. The number of anilines is 1. The van der Waals surface area contributed by atoms with Crippen LogP contribution >= 0.6 is 0 Å². The molecule has 1 aliphatic heterocycles. The highest BCUT2D eigenvalue weighted by Gasteiger charge is 2.58. The molecule has 1 saturated heterocycles. The third-order valence-electron chi connectivity index (χ3n) is 6.99. The minimum Gasteiger partial charge on any atom is -0.427 e. The van der Waals surface area contributed by atoms with E-state index in [1.807, 2.05) is 43.3 Å². The number of hydrogen-bond donors (Lipinski definition) is 1. The number of benzene rings is 2. The van der Waals surface area contributed by atoms with Crippen LogP contribution in [0.2, 0.25) is 0 Å². The van der Waals surface area contributed by atoms with Gasteiger partial charge in [0, 0.05) is 30.3 Å². The molecule has 3 aliphatic rings. The van der Waals surface area contributed by atoms with Gasteiger partial charge in [-0.2, -0.15) is 0 Å².